The average molecular weight is 206 g/mol. The standard InChI is InChI=1S/C4H9F3N2O2S/c1-3(4(5,6)7)9-12(10,11)8-2/h3,8-9H,1-2H3/t3-/m0/s1. The molecule has 12 heavy (non-hydrogen) atoms. The van der Waals surface area contributed by atoms with Crippen molar-refractivity contribution in [1.29, 1.82) is 0 Å². The van der Waals surface area contributed by atoms with Crippen LogP contribution in [-0.2, 0) is 10.2 Å². The first kappa shape index (κ1) is 11.7. The molecule has 74 valence electrons. The van der Waals surface area contributed by atoms with Crippen molar-refractivity contribution in [3.8, 4) is 0 Å². The molecule has 0 bridgehead atoms. The molecule has 2 N–H and O–H groups in total. The summed E-state index contributed by atoms with van der Waals surface area (Å²) in [5, 5.41) is 0. The molecule has 0 radical (unpaired) electrons. The molecule has 0 aromatic heterocycles. The molecule has 8 heteroatoms. The van der Waals surface area contributed by atoms with Gasteiger partial charge in [0.15, 0.2) is 0 Å². The van der Waals surface area contributed by atoms with Crippen molar-refractivity contribution in [2.45, 2.75) is 19.1 Å². The van der Waals surface area contributed by atoms with Gasteiger partial charge in [-0.3, -0.25) is 0 Å². The van der Waals surface area contributed by atoms with E-state index in [0.717, 1.165) is 14.0 Å². The molecular weight excluding hydrogens is 197 g/mol. The smallest absolute Gasteiger partial charge is 0.205 e. The molecule has 0 aliphatic rings. The van der Waals surface area contributed by atoms with Gasteiger partial charge in [0.05, 0.1) is 0 Å². The normalized spacial score (nSPS) is 16.1. The fraction of sp³-hybridized carbons (Fsp3) is 1.00. The van der Waals surface area contributed by atoms with E-state index < -0.39 is 22.4 Å². The summed E-state index contributed by atoms with van der Waals surface area (Å²) in [6.07, 6.45) is -4.57. The summed E-state index contributed by atoms with van der Waals surface area (Å²) in [6, 6.07) is -2.09. The number of hydrogen-bond acceptors (Lipinski definition) is 2. The highest BCUT2D eigenvalue weighted by Gasteiger charge is 2.38. The summed E-state index contributed by atoms with van der Waals surface area (Å²) in [4.78, 5) is 0. The van der Waals surface area contributed by atoms with Gasteiger partial charge in [0.25, 0.3) is 10.2 Å². The zero-order chi connectivity index (χ0) is 9.99. The molecule has 0 saturated heterocycles. The molecule has 0 aromatic carbocycles. The highest BCUT2D eigenvalue weighted by molar-refractivity contribution is 7.87. The lowest BCUT2D eigenvalue weighted by Crippen LogP contribution is -2.46. The predicted molar refractivity (Wildman–Crippen MR) is 36.6 cm³/mol. The third-order valence-corrected chi connectivity index (χ3v) is 2.29. The Hall–Kier alpha value is -0.340. The van der Waals surface area contributed by atoms with Crippen LogP contribution in [0.15, 0.2) is 0 Å². The van der Waals surface area contributed by atoms with Crippen LogP contribution in [0.5, 0.6) is 0 Å². The molecule has 0 spiro atoms. The topological polar surface area (TPSA) is 58.2 Å². The number of rotatable bonds is 3. The Morgan fingerprint density at radius 1 is 1.33 bits per heavy atom. The Labute approximate surface area is 68.3 Å². The van der Waals surface area contributed by atoms with Crippen LogP contribution in [0.1, 0.15) is 6.92 Å². The van der Waals surface area contributed by atoms with Crippen molar-refractivity contribution in [1.82, 2.24) is 9.44 Å². The molecule has 0 fully saturated rings. The maximum Gasteiger partial charge on any atom is 0.404 e. The zero-order valence-electron chi connectivity index (χ0n) is 6.44. The van der Waals surface area contributed by atoms with Gasteiger partial charge in [-0.1, -0.05) is 0 Å². The molecule has 1 atom stereocenters. The molecule has 0 heterocycles. The average Bonchev–Trinajstić information content (AvgIpc) is 1.85. The first-order valence-corrected chi connectivity index (χ1v) is 4.45. The zero-order valence-corrected chi connectivity index (χ0v) is 7.25. The van der Waals surface area contributed by atoms with Gasteiger partial charge in [0.1, 0.15) is 6.04 Å². The summed E-state index contributed by atoms with van der Waals surface area (Å²) in [5.41, 5.74) is 0. The van der Waals surface area contributed by atoms with Crippen LogP contribution >= 0.6 is 0 Å². The minimum absolute atomic E-state index is 0.717. The van der Waals surface area contributed by atoms with Crippen molar-refractivity contribution in [2.24, 2.45) is 0 Å². The summed E-state index contributed by atoms with van der Waals surface area (Å²) in [5.74, 6) is 0. The number of hydrogen-bond donors (Lipinski definition) is 2. The van der Waals surface area contributed by atoms with Gasteiger partial charge in [0, 0.05) is 7.05 Å². The lowest BCUT2D eigenvalue weighted by atomic mass is 10.4. The van der Waals surface area contributed by atoms with Crippen LogP contribution in [0.2, 0.25) is 0 Å². The van der Waals surface area contributed by atoms with E-state index in [0.29, 0.717) is 0 Å². The fourth-order valence-electron chi connectivity index (χ4n) is 0.358. The number of alkyl halides is 3. The van der Waals surface area contributed by atoms with E-state index in [1.54, 1.807) is 4.72 Å². The fourth-order valence-corrected chi connectivity index (χ4v) is 1.08. The molecule has 0 amide bonds. The second kappa shape index (κ2) is 3.58. The van der Waals surface area contributed by atoms with Crippen LogP contribution in [-0.4, -0.2) is 27.7 Å². The Kier molecular flexibility index (Phi) is 3.48. The van der Waals surface area contributed by atoms with Crippen molar-refractivity contribution in [3.05, 3.63) is 0 Å². The van der Waals surface area contributed by atoms with Crippen molar-refractivity contribution < 1.29 is 21.6 Å². The van der Waals surface area contributed by atoms with E-state index in [2.05, 4.69) is 0 Å². The van der Waals surface area contributed by atoms with Gasteiger partial charge in [-0.25, -0.2) is 4.72 Å². The molecular formula is C4H9F3N2O2S. The SMILES string of the molecule is CNS(=O)(=O)N[C@@H](C)C(F)(F)F. The van der Waals surface area contributed by atoms with Gasteiger partial charge < -0.3 is 0 Å². The monoisotopic (exact) mass is 206 g/mol. The van der Waals surface area contributed by atoms with Gasteiger partial charge >= 0.3 is 6.18 Å². The molecule has 0 saturated carbocycles. The molecule has 0 rings (SSSR count). The number of halogens is 3. The number of nitrogens with one attached hydrogen (secondary N) is 2. The van der Waals surface area contributed by atoms with Crippen molar-refractivity contribution in [2.75, 3.05) is 7.05 Å². The summed E-state index contributed by atoms with van der Waals surface area (Å²) in [7, 11) is -3.00. The van der Waals surface area contributed by atoms with Crippen LogP contribution < -0.4 is 9.44 Å². The lowest BCUT2D eigenvalue weighted by Gasteiger charge is -2.16. The van der Waals surface area contributed by atoms with Gasteiger partial charge in [-0.2, -0.15) is 26.3 Å². The second-order valence-corrected chi connectivity index (χ2v) is 3.74. The van der Waals surface area contributed by atoms with Crippen molar-refractivity contribution >= 4 is 10.2 Å². The minimum atomic E-state index is -4.57. The summed E-state index contributed by atoms with van der Waals surface area (Å²) >= 11 is 0. The van der Waals surface area contributed by atoms with E-state index in [9.17, 15) is 21.6 Å². The molecule has 0 aliphatic heterocycles. The maximum atomic E-state index is 11.8. The van der Waals surface area contributed by atoms with Crippen LogP contribution in [0, 0.1) is 0 Å². The molecule has 0 unspecified atom stereocenters. The third kappa shape index (κ3) is 3.88. The largest absolute Gasteiger partial charge is 0.404 e. The van der Waals surface area contributed by atoms with Crippen LogP contribution in [0.25, 0.3) is 0 Å². The second-order valence-electron chi connectivity index (χ2n) is 2.09. The Balaban J connectivity index is 4.30. The first-order chi connectivity index (χ1) is 5.19. The van der Waals surface area contributed by atoms with Crippen LogP contribution in [0.4, 0.5) is 13.2 Å². The van der Waals surface area contributed by atoms with E-state index in [4.69, 9.17) is 0 Å². The van der Waals surface area contributed by atoms with Gasteiger partial charge in [0.2, 0.25) is 0 Å². The Morgan fingerprint density at radius 2 is 1.75 bits per heavy atom. The minimum Gasteiger partial charge on any atom is -0.205 e. The molecule has 0 aliphatic carbocycles. The Morgan fingerprint density at radius 3 is 2.00 bits per heavy atom. The van der Waals surface area contributed by atoms with E-state index in [1.165, 1.54) is 4.72 Å². The highest BCUT2D eigenvalue weighted by atomic mass is 32.2. The van der Waals surface area contributed by atoms with Crippen LogP contribution in [0.3, 0.4) is 0 Å². The summed E-state index contributed by atoms with van der Waals surface area (Å²) < 4.78 is 59.4. The van der Waals surface area contributed by atoms with E-state index >= 15 is 0 Å². The highest BCUT2D eigenvalue weighted by Crippen LogP contribution is 2.19. The predicted octanol–water partition coefficient (Wildman–Crippen LogP) is -0.00900. The van der Waals surface area contributed by atoms with E-state index in [1.807, 2.05) is 0 Å². The van der Waals surface area contributed by atoms with E-state index in [-0.39, 0.29) is 0 Å². The molecule has 4 nitrogen and oxygen atoms in total. The first-order valence-electron chi connectivity index (χ1n) is 2.96. The maximum absolute atomic E-state index is 11.8. The molecule has 0 aromatic rings. The van der Waals surface area contributed by atoms with Gasteiger partial charge in [-0.05, 0) is 6.92 Å². The Bertz CT molecular complexity index is 235. The third-order valence-electron chi connectivity index (χ3n) is 1.09. The summed E-state index contributed by atoms with van der Waals surface area (Å²) in [6.45, 7) is 0.717. The van der Waals surface area contributed by atoms with Crippen molar-refractivity contribution in [3.63, 3.8) is 0 Å². The lowest BCUT2D eigenvalue weighted by molar-refractivity contribution is -0.147. The van der Waals surface area contributed by atoms with Gasteiger partial charge in [-0.15, -0.1) is 0 Å². The quantitative estimate of drug-likeness (QED) is 0.682.